The molecule has 0 aliphatic heterocycles. The number of aromatic amines is 1. The van der Waals surface area contributed by atoms with Crippen LogP contribution in [0.1, 0.15) is 17.2 Å². The van der Waals surface area contributed by atoms with Gasteiger partial charge in [-0.25, -0.2) is 9.37 Å². The van der Waals surface area contributed by atoms with Crippen molar-refractivity contribution in [2.75, 3.05) is 0 Å². The first-order valence-electron chi connectivity index (χ1n) is 7.67. The molecule has 0 saturated heterocycles. The second kappa shape index (κ2) is 6.95. The number of rotatable bonds is 4. The molecule has 8 heteroatoms. The van der Waals surface area contributed by atoms with Gasteiger partial charge in [0.25, 0.3) is 0 Å². The Morgan fingerprint density at radius 3 is 2.69 bits per heavy atom. The van der Waals surface area contributed by atoms with Crippen molar-refractivity contribution in [3.63, 3.8) is 0 Å². The van der Waals surface area contributed by atoms with Gasteiger partial charge in [-0.15, -0.1) is 11.3 Å². The van der Waals surface area contributed by atoms with Crippen LogP contribution in [0.15, 0.2) is 55.1 Å². The number of benzene rings is 1. The van der Waals surface area contributed by atoms with Crippen LogP contribution in [0, 0.1) is 5.82 Å². The summed E-state index contributed by atoms with van der Waals surface area (Å²) in [5.74, 6) is -0.0676. The smallest absolute Gasteiger partial charge is 0.165 e. The molecule has 2 N–H and O–H groups in total. The third kappa shape index (κ3) is 3.01. The number of halogens is 2. The number of aliphatic hydroxyl groups is 1. The second-order valence-electron chi connectivity index (χ2n) is 5.50. The Bertz CT molecular complexity index is 1020. The summed E-state index contributed by atoms with van der Waals surface area (Å²) in [6, 6.07) is 9.86. The lowest BCUT2D eigenvalue weighted by Gasteiger charge is -2.14. The zero-order valence-corrected chi connectivity index (χ0v) is 14.8. The highest BCUT2D eigenvalue weighted by atomic mass is 35.5. The summed E-state index contributed by atoms with van der Waals surface area (Å²) in [5, 5.41) is 17.7. The number of pyridine rings is 1. The zero-order valence-electron chi connectivity index (χ0n) is 13.2. The molecule has 1 unspecified atom stereocenters. The molecule has 4 aromatic rings. The number of hydrogen-bond donors (Lipinski definition) is 2. The molecule has 0 radical (unpaired) electrons. The van der Waals surface area contributed by atoms with Crippen molar-refractivity contribution in [3.8, 4) is 21.1 Å². The van der Waals surface area contributed by atoms with Crippen molar-refractivity contribution in [1.29, 1.82) is 0 Å². The average Bonchev–Trinajstić information content (AvgIpc) is 3.32. The quantitative estimate of drug-likeness (QED) is 0.542. The van der Waals surface area contributed by atoms with Crippen LogP contribution in [0.3, 0.4) is 0 Å². The van der Waals surface area contributed by atoms with Gasteiger partial charge in [0.05, 0.1) is 4.88 Å². The molecule has 3 aromatic heterocycles. The summed E-state index contributed by atoms with van der Waals surface area (Å²) in [7, 11) is 0. The molecule has 3 heterocycles. The maximum absolute atomic E-state index is 14.3. The van der Waals surface area contributed by atoms with Gasteiger partial charge in [-0.1, -0.05) is 17.7 Å². The predicted molar refractivity (Wildman–Crippen MR) is 98.4 cm³/mol. The number of nitrogens with one attached hydrogen (secondary N) is 1. The van der Waals surface area contributed by atoms with E-state index in [1.54, 1.807) is 18.5 Å². The van der Waals surface area contributed by atoms with Gasteiger partial charge in [0.1, 0.15) is 18.2 Å². The molecule has 0 amide bonds. The highest BCUT2D eigenvalue weighted by molar-refractivity contribution is 7.19. The largest absolute Gasteiger partial charge is 0.383 e. The second-order valence-corrected chi connectivity index (χ2v) is 6.96. The van der Waals surface area contributed by atoms with E-state index in [2.05, 4.69) is 20.2 Å². The predicted octanol–water partition coefficient (Wildman–Crippen LogP) is 4.47. The highest BCUT2D eigenvalue weighted by Crippen LogP contribution is 2.42. The molecule has 1 aromatic carbocycles. The van der Waals surface area contributed by atoms with Crippen LogP contribution >= 0.6 is 22.9 Å². The van der Waals surface area contributed by atoms with E-state index in [0.717, 1.165) is 10.4 Å². The van der Waals surface area contributed by atoms with Gasteiger partial charge in [0.15, 0.2) is 5.82 Å². The minimum absolute atomic E-state index is 0.0361. The lowest BCUT2D eigenvalue weighted by atomic mass is 10.00. The Kier molecular flexibility index (Phi) is 4.50. The van der Waals surface area contributed by atoms with Gasteiger partial charge in [-0.05, 0) is 35.9 Å². The van der Waals surface area contributed by atoms with Crippen LogP contribution < -0.4 is 0 Å². The van der Waals surface area contributed by atoms with E-state index in [1.807, 2.05) is 18.2 Å². The Balaban J connectivity index is 1.88. The van der Waals surface area contributed by atoms with Gasteiger partial charge in [0, 0.05) is 33.4 Å². The van der Waals surface area contributed by atoms with Crippen molar-refractivity contribution in [2.24, 2.45) is 0 Å². The Labute approximate surface area is 157 Å². The fourth-order valence-corrected chi connectivity index (χ4v) is 4.10. The van der Waals surface area contributed by atoms with Gasteiger partial charge >= 0.3 is 0 Å². The highest BCUT2D eigenvalue weighted by Gasteiger charge is 2.25. The van der Waals surface area contributed by atoms with E-state index in [0.29, 0.717) is 16.3 Å². The molecule has 130 valence electrons. The lowest BCUT2D eigenvalue weighted by molar-refractivity contribution is 0.216. The van der Waals surface area contributed by atoms with Gasteiger partial charge in [-0.2, -0.15) is 5.10 Å². The minimum atomic E-state index is -1.24. The van der Waals surface area contributed by atoms with Crippen LogP contribution in [0.2, 0.25) is 5.02 Å². The van der Waals surface area contributed by atoms with E-state index in [4.69, 9.17) is 11.6 Å². The molecule has 0 aliphatic rings. The standard InChI is InChI=1S/C18H12ClFN4OS/c19-12-2-1-3-13(20)15(12)16(25)11-8-14(10-4-6-21-7-5-10)26-17(11)18-22-9-23-24-18/h1-9,16,25H,(H,22,23,24). The van der Waals surface area contributed by atoms with E-state index in [9.17, 15) is 9.50 Å². The fraction of sp³-hybridized carbons (Fsp3) is 0.0556. The SMILES string of the molecule is OC(c1cc(-c2ccncc2)sc1-c1ncn[nH]1)c1c(F)cccc1Cl. The van der Waals surface area contributed by atoms with Crippen molar-refractivity contribution < 1.29 is 9.50 Å². The van der Waals surface area contributed by atoms with Crippen LogP contribution in [0.25, 0.3) is 21.1 Å². The molecule has 0 spiro atoms. The number of thiophene rings is 1. The van der Waals surface area contributed by atoms with Crippen LogP contribution in [0.4, 0.5) is 4.39 Å². The Morgan fingerprint density at radius 2 is 2.00 bits per heavy atom. The Hall–Kier alpha value is -2.61. The maximum Gasteiger partial charge on any atom is 0.165 e. The zero-order chi connectivity index (χ0) is 18.1. The van der Waals surface area contributed by atoms with Crippen molar-refractivity contribution in [1.82, 2.24) is 20.2 Å². The van der Waals surface area contributed by atoms with Crippen molar-refractivity contribution >= 4 is 22.9 Å². The lowest BCUT2D eigenvalue weighted by Crippen LogP contribution is -2.04. The first-order valence-corrected chi connectivity index (χ1v) is 8.86. The summed E-state index contributed by atoms with van der Waals surface area (Å²) < 4.78 is 14.3. The fourth-order valence-electron chi connectivity index (χ4n) is 2.69. The van der Waals surface area contributed by atoms with E-state index >= 15 is 0 Å². The number of H-pyrrole nitrogens is 1. The van der Waals surface area contributed by atoms with Crippen LogP contribution in [-0.4, -0.2) is 25.3 Å². The number of hydrogen-bond acceptors (Lipinski definition) is 5. The first kappa shape index (κ1) is 16.8. The molecule has 0 aliphatic carbocycles. The van der Waals surface area contributed by atoms with E-state index in [-0.39, 0.29) is 10.6 Å². The monoisotopic (exact) mass is 386 g/mol. The van der Waals surface area contributed by atoms with Gasteiger partial charge in [-0.3, -0.25) is 10.1 Å². The average molecular weight is 387 g/mol. The van der Waals surface area contributed by atoms with Crippen molar-refractivity contribution in [3.05, 3.63) is 77.1 Å². The molecule has 0 saturated carbocycles. The van der Waals surface area contributed by atoms with Crippen molar-refractivity contribution in [2.45, 2.75) is 6.10 Å². The molecule has 26 heavy (non-hydrogen) atoms. The minimum Gasteiger partial charge on any atom is -0.383 e. The first-order chi connectivity index (χ1) is 12.6. The molecule has 0 fully saturated rings. The van der Waals surface area contributed by atoms with E-state index in [1.165, 1.54) is 29.8 Å². The Morgan fingerprint density at radius 1 is 1.19 bits per heavy atom. The van der Waals surface area contributed by atoms with Gasteiger partial charge < -0.3 is 5.11 Å². The summed E-state index contributed by atoms with van der Waals surface area (Å²) in [6.45, 7) is 0. The topological polar surface area (TPSA) is 74.7 Å². The molecule has 5 nitrogen and oxygen atoms in total. The third-order valence-electron chi connectivity index (χ3n) is 3.92. The number of aromatic nitrogens is 4. The summed E-state index contributed by atoms with van der Waals surface area (Å²) in [5.41, 5.74) is 1.48. The normalized spacial score (nSPS) is 12.3. The third-order valence-corrected chi connectivity index (χ3v) is 5.46. The summed E-state index contributed by atoms with van der Waals surface area (Å²) in [6.07, 6.45) is 3.52. The van der Waals surface area contributed by atoms with Crippen LogP contribution in [-0.2, 0) is 0 Å². The molecule has 0 bridgehead atoms. The van der Waals surface area contributed by atoms with E-state index < -0.39 is 11.9 Å². The molecule has 4 rings (SSSR count). The summed E-state index contributed by atoms with van der Waals surface area (Å²) in [4.78, 5) is 9.74. The molecule has 1 atom stereocenters. The maximum atomic E-state index is 14.3. The van der Waals surface area contributed by atoms with Crippen LogP contribution in [0.5, 0.6) is 0 Å². The van der Waals surface area contributed by atoms with Gasteiger partial charge in [0.2, 0.25) is 0 Å². The molecular weight excluding hydrogens is 375 g/mol. The molecular formula is C18H12ClFN4OS. The number of nitrogens with zero attached hydrogens (tertiary/aromatic N) is 3. The number of aliphatic hydroxyl groups excluding tert-OH is 1. The summed E-state index contributed by atoms with van der Waals surface area (Å²) >= 11 is 7.55.